The number of benzene rings is 1. The quantitative estimate of drug-likeness (QED) is 0.588. The fourth-order valence-corrected chi connectivity index (χ4v) is 2.34. The van der Waals surface area contributed by atoms with E-state index in [1.54, 1.807) is 19.2 Å². The number of hydrogen-bond donors (Lipinski definition) is 2. The lowest BCUT2D eigenvalue weighted by molar-refractivity contribution is -0.134. The number of ether oxygens (including phenoxy) is 2. The van der Waals surface area contributed by atoms with Crippen LogP contribution in [0.15, 0.2) is 24.3 Å². The minimum Gasteiger partial charge on any atom is -0.492 e. The van der Waals surface area contributed by atoms with Crippen LogP contribution >= 0.6 is 0 Å². The first-order valence-corrected chi connectivity index (χ1v) is 6.94. The maximum Gasteiger partial charge on any atom is 0.223 e. The van der Waals surface area contributed by atoms with Crippen LogP contribution in [0.2, 0.25) is 0 Å². The molecule has 0 bridgehead atoms. The number of nitrogen functional groups attached to an aromatic ring is 1. The summed E-state index contributed by atoms with van der Waals surface area (Å²) in [6.45, 7) is 0.905. The van der Waals surface area contributed by atoms with E-state index in [0.29, 0.717) is 31.0 Å². The minimum atomic E-state index is -0.223. The molecule has 1 aromatic rings. The van der Waals surface area contributed by atoms with Gasteiger partial charge in [-0.25, -0.2) is 0 Å². The molecule has 1 aliphatic rings. The molecular formula is C15H22N2O3. The Morgan fingerprint density at radius 2 is 2.25 bits per heavy atom. The summed E-state index contributed by atoms with van der Waals surface area (Å²) < 4.78 is 10.9. The zero-order valence-electron chi connectivity index (χ0n) is 11.9. The summed E-state index contributed by atoms with van der Waals surface area (Å²) in [5.74, 6) is 0.731. The Hall–Kier alpha value is -1.75. The molecular weight excluding hydrogens is 256 g/mol. The van der Waals surface area contributed by atoms with Gasteiger partial charge in [-0.2, -0.15) is 0 Å². The first-order valence-electron chi connectivity index (χ1n) is 6.94. The molecule has 0 aromatic heterocycles. The average molecular weight is 278 g/mol. The smallest absolute Gasteiger partial charge is 0.223 e. The van der Waals surface area contributed by atoms with Crippen molar-refractivity contribution in [1.29, 1.82) is 0 Å². The van der Waals surface area contributed by atoms with Gasteiger partial charge in [-0.3, -0.25) is 4.79 Å². The molecule has 5 nitrogen and oxygen atoms in total. The second-order valence-corrected chi connectivity index (χ2v) is 5.19. The summed E-state index contributed by atoms with van der Waals surface area (Å²) in [5.41, 5.74) is 6.10. The monoisotopic (exact) mass is 278 g/mol. The van der Waals surface area contributed by atoms with Gasteiger partial charge in [0.2, 0.25) is 5.91 Å². The van der Waals surface area contributed by atoms with Gasteiger partial charge in [0, 0.05) is 18.9 Å². The van der Waals surface area contributed by atoms with Crippen LogP contribution in [0.4, 0.5) is 5.69 Å². The molecule has 5 heteroatoms. The molecule has 2 rings (SSSR count). The number of anilines is 1. The predicted octanol–water partition coefficient (Wildman–Crippen LogP) is 1.72. The summed E-state index contributed by atoms with van der Waals surface area (Å²) in [4.78, 5) is 11.8. The molecule has 0 heterocycles. The number of carbonyl (C=O) groups excluding carboxylic acids is 1. The molecule has 0 radical (unpaired) electrons. The van der Waals surface area contributed by atoms with Crippen LogP contribution in [0, 0.1) is 0 Å². The van der Waals surface area contributed by atoms with Gasteiger partial charge in [0.15, 0.2) is 0 Å². The lowest BCUT2D eigenvalue weighted by Crippen LogP contribution is -2.44. The lowest BCUT2D eigenvalue weighted by Gasteiger charge is -2.39. The van der Waals surface area contributed by atoms with E-state index in [1.165, 1.54) is 0 Å². The molecule has 0 unspecified atom stereocenters. The summed E-state index contributed by atoms with van der Waals surface area (Å²) in [5, 5.41) is 2.85. The normalized spacial score (nSPS) is 16.2. The van der Waals surface area contributed by atoms with Crippen LogP contribution in [0.5, 0.6) is 5.75 Å². The van der Waals surface area contributed by atoms with Gasteiger partial charge in [-0.15, -0.1) is 0 Å². The Labute approximate surface area is 119 Å². The van der Waals surface area contributed by atoms with Crippen molar-refractivity contribution >= 4 is 11.6 Å². The number of amides is 1. The number of methoxy groups -OCH3 is 1. The van der Waals surface area contributed by atoms with Crippen molar-refractivity contribution in [3.05, 3.63) is 24.3 Å². The van der Waals surface area contributed by atoms with Crippen molar-refractivity contribution in [2.24, 2.45) is 0 Å². The van der Waals surface area contributed by atoms with Crippen LogP contribution in [-0.4, -0.2) is 31.8 Å². The van der Waals surface area contributed by atoms with Crippen LogP contribution in [0.25, 0.3) is 0 Å². The Morgan fingerprint density at radius 3 is 2.85 bits per heavy atom. The molecule has 0 saturated heterocycles. The molecule has 0 atom stereocenters. The first-order chi connectivity index (χ1) is 9.63. The van der Waals surface area contributed by atoms with Crippen molar-refractivity contribution in [3.8, 4) is 5.75 Å². The van der Waals surface area contributed by atoms with Gasteiger partial charge in [0.05, 0.1) is 18.6 Å². The van der Waals surface area contributed by atoms with E-state index < -0.39 is 0 Å². The number of nitrogens with two attached hydrogens (primary N) is 1. The molecule has 0 aliphatic heterocycles. The molecule has 3 N–H and O–H groups in total. The third-order valence-electron chi connectivity index (χ3n) is 3.73. The van der Waals surface area contributed by atoms with E-state index in [0.717, 1.165) is 19.3 Å². The Kier molecular flexibility index (Phi) is 4.84. The third kappa shape index (κ3) is 3.87. The molecule has 1 aliphatic carbocycles. The predicted molar refractivity (Wildman–Crippen MR) is 77.6 cm³/mol. The minimum absolute atomic E-state index is 0.0164. The van der Waals surface area contributed by atoms with Gasteiger partial charge in [0.25, 0.3) is 0 Å². The van der Waals surface area contributed by atoms with Gasteiger partial charge in [0.1, 0.15) is 12.4 Å². The largest absolute Gasteiger partial charge is 0.492 e. The van der Waals surface area contributed by atoms with Gasteiger partial charge in [-0.05, 0) is 31.4 Å². The van der Waals surface area contributed by atoms with E-state index >= 15 is 0 Å². The van der Waals surface area contributed by atoms with E-state index in [-0.39, 0.29) is 11.5 Å². The fraction of sp³-hybridized carbons (Fsp3) is 0.533. The summed E-state index contributed by atoms with van der Waals surface area (Å²) in [7, 11) is 1.68. The molecule has 20 heavy (non-hydrogen) atoms. The number of nitrogens with one attached hydrogen (secondary N) is 1. The fourth-order valence-electron chi connectivity index (χ4n) is 2.34. The molecule has 1 amide bonds. The Balaban J connectivity index is 1.64. The number of rotatable bonds is 7. The third-order valence-corrected chi connectivity index (χ3v) is 3.73. The highest BCUT2D eigenvalue weighted by molar-refractivity contribution is 5.77. The van der Waals surface area contributed by atoms with Crippen LogP contribution < -0.4 is 15.8 Å². The molecule has 110 valence electrons. The summed E-state index contributed by atoms with van der Waals surface area (Å²) >= 11 is 0. The van der Waals surface area contributed by atoms with E-state index in [4.69, 9.17) is 15.2 Å². The van der Waals surface area contributed by atoms with Crippen molar-refractivity contribution < 1.29 is 14.3 Å². The Bertz CT molecular complexity index is 453. The maximum absolute atomic E-state index is 11.8. The van der Waals surface area contributed by atoms with Crippen molar-refractivity contribution in [2.45, 2.75) is 31.3 Å². The van der Waals surface area contributed by atoms with Crippen LogP contribution in [0.1, 0.15) is 25.7 Å². The number of hydrogen-bond acceptors (Lipinski definition) is 4. The maximum atomic E-state index is 11.8. The van der Waals surface area contributed by atoms with E-state index in [9.17, 15) is 4.79 Å². The molecule has 0 spiro atoms. The van der Waals surface area contributed by atoms with Gasteiger partial charge in [-0.1, -0.05) is 6.07 Å². The van der Waals surface area contributed by atoms with Crippen molar-refractivity contribution in [2.75, 3.05) is 26.0 Å². The van der Waals surface area contributed by atoms with Crippen molar-refractivity contribution in [3.63, 3.8) is 0 Å². The van der Waals surface area contributed by atoms with Gasteiger partial charge >= 0.3 is 0 Å². The average Bonchev–Trinajstić information content (AvgIpc) is 2.39. The standard InChI is InChI=1S/C15H22N2O3/c1-19-15(6-3-7-15)11-14(18)17-8-9-20-13-5-2-4-12(16)10-13/h2,4-5,10H,3,6-9,11,16H2,1H3,(H,17,18). The number of carbonyl (C=O) groups is 1. The zero-order valence-corrected chi connectivity index (χ0v) is 11.9. The topological polar surface area (TPSA) is 73.6 Å². The van der Waals surface area contributed by atoms with E-state index in [1.807, 2.05) is 12.1 Å². The van der Waals surface area contributed by atoms with Crippen molar-refractivity contribution in [1.82, 2.24) is 5.32 Å². The second kappa shape index (κ2) is 6.61. The van der Waals surface area contributed by atoms with Crippen LogP contribution in [0.3, 0.4) is 0 Å². The summed E-state index contributed by atoms with van der Waals surface area (Å²) in [6, 6.07) is 7.24. The highest BCUT2D eigenvalue weighted by atomic mass is 16.5. The van der Waals surface area contributed by atoms with E-state index in [2.05, 4.69) is 5.32 Å². The lowest BCUT2D eigenvalue weighted by atomic mass is 9.77. The van der Waals surface area contributed by atoms with Crippen LogP contribution in [-0.2, 0) is 9.53 Å². The second-order valence-electron chi connectivity index (χ2n) is 5.19. The zero-order chi connectivity index (χ0) is 14.4. The molecule has 1 saturated carbocycles. The molecule has 1 aromatic carbocycles. The summed E-state index contributed by atoms with van der Waals surface area (Å²) in [6.07, 6.45) is 3.51. The molecule has 1 fully saturated rings. The highest BCUT2D eigenvalue weighted by Gasteiger charge is 2.38. The first kappa shape index (κ1) is 14.7. The SMILES string of the molecule is COC1(CC(=O)NCCOc2cccc(N)c2)CCC1. The Morgan fingerprint density at radius 1 is 1.45 bits per heavy atom. The highest BCUT2D eigenvalue weighted by Crippen LogP contribution is 2.37. The van der Waals surface area contributed by atoms with Gasteiger partial charge < -0.3 is 20.5 Å².